The largest absolute Gasteiger partial charge is 0.435 e. The van der Waals surface area contributed by atoms with E-state index in [2.05, 4.69) is 36.4 Å². The fourth-order valence-corrected chi connectivity index (χ4v) is 5.27. The first kappa shape index (κ1) is 32.1. The maximum Gasteiger partial charge on any atom is 0.391 e. The van der Waals surface area contributed by atoms with Crippen LogP contribution in [0.5, 0.6) is 0 Å². The molecule has 6 nitrogen and oxygen atoms in total. The van der Waals surface area contributed by atoms with Crippen molar-refractivity contribution in [2.45, 2.75) is 64.7 Å². The molecule has 0 aliphatic heterocycles. The number of alkyl halides is 6. The predicted molar refractivity (Wildman–Crippen MR) is 149 cm³/mol. The maximum absolute atomic E-state index is 13.4. The van der Waals surface area contributed by atoms with Crippen molar-refractivity contribution in [1.29, 1.82) is 0 Å². The average molecular weight is 610 g/mol. The van der Waals surface area contributed by atoms with Gasteiger partial charge >= 0.3 is 12.4 Å². The molecule has 1 fully saturated rings. The van der Waals surface area contributed by atoms with E-state index in [-0.39, 0.29) is 35.2 Å². The molecule has 232 valence electrons. The Kier molecular flexibility index (Phi) is 8.99. The van der Waals surface area contributed by atoms with Crippen LogP contribution in [0.4, 0.5) is 32.0 Å². The molecule has 0 radical (unpaired) electrons. The zero-order valence-corrected chi connectivity index (χ0v) is 24.1. The maximum atomic E-state index is 13.4. The van der Waals surface area contributed by atoms with Gasteiger partial charge in [-0.3, -0.25) is 9.59 Å². The van der Waals surface area contributed by atoms with Crippen molar-refractivity contribution in [2.24, 2.45) is 17.8 Å². The van der Waals surface area contributed by atoms with E-state index in [1.807, 2.05) is 12.1 Å². The van der Waals surface area contributed by atoms with E-state index in [9.17, 15) is 35.9 Å². The molecule has 4 rings (SSSR count). The number of halogens is 6. The van der Waals surface area contributed by atoms with Gasteiger partial charge in [-0.2, -0.15) is 26.3 Å². The van der Waals surface area contributed by atoms with Gasteiger partial charge in [-0.15, -0.1) is 0 Å². The van der Waals surface area contributed by atoms with Crippen molar-refractivity contribution >= 4 is 17.5 Å². The lowest BCUT2D eigenvalue weighted by Crippen LogP contribution is -2.42. The number of hydrogen-bond acceptors (Lipinski definition) is 4. The standard InChI is InChI=1S/C31H33F6N3O3/c1-17(41)39-24-11-7-19(8-12-24)26-25(40-28(43-26)20-5-9-21(10-6-20)29(2,3)4)27(42)38-16-18-13-22(30(32,33)34)15-23(14-18)31(35,36)37/h5-12,18,22-23H,13-16H2,1-4H3,(H,38,42)(H,39,41). The van der Waals surface area contributed by atoms with Crippen molar-refractivity contribution in [1.82, 2.24) is 10.3 Å². The third-order valence-corrected chi connectivity index (χ3v) is 7.59. The third-order valence-electron chi connectivity index (χ3n) is 7.59. The quantitative estimate of drug-likeness (QED) is 0.276. The zero-order valence-electron chi connectivity index (χ0n) is 24.1. The number of oxazole rings is 1. The highest BCUT2D eigenvalue weighted by Gasteiger charge is 2.51. The van der Waals surface area contributed by atoms with E-state index in [4.69, 9.17) is 4.42 Å². The van der Waals surface area contributed by atoms with Crippen molar-refractivity contribution in [3.63, 3.8) is 0 Å². The Bertz CT molecular complexity index is 1420. The summed E-state index contributed by atoms with van der Waals surface area (Å²) in [5, 5.41) is 5.13. The van der Waals surface area contributed by atoms with Gasteiger partial charge in [-0.25, -0.2) is 4.98 Å². The molecule has 0 bridgehead atoms. The molecule has 0 saturated heterocycles. The topological polar surface area (TPSA) is 84.2 Å². The highest BCUT2D eigenvalue weighted by molar-refractivity contribution is 5.98. The summed E-state index contributed by atoms with van der Waals surface area (Å²) in [4.78, 5) is 29.1. The number of nitrogens with zero attached hydrogens (tertiary/aromatic N) is 1. The molecule has 0 spiro atoms. The molecule has 1 aromatic heterocycles. The lowest BCUT2D eigenvalue weighted by molar-refractivity contribution is -0.228. The van der Waals surface area contributed by atoms with E-state index in [0.29, 0.717) is 16.8 Å². The first-order valence-corrected chi connectivity index (χ1v) is 13.8. The van der Waals surface area contributed by atoms with Crippen LogP contribution in [0.25, 0.3) is 22.8 Å². The molecule has 1 saturated carbocycles. The first-order valence-electron chi connectivity index (χ1n) is 13.8. The molecule has 2 atom stereocenters. The van der Waals surface area contributed by atoms with Gasteiger partial charge < -0.3 is 15.1 Å². The summed E-state index contributed by atoms with van der Waals surface area (Å²) >= 11 is 0. The number of nitrogens with one attached hydrogen (secondary N) is 2. The van der Waals surface area contributed by atoms with Crippen LogP contribution in [0.2, 0.25) is 0 Å². The zero-order chi connectivity index (χ0) is 31.7. The van der Waals surface area contributed by atoms with Gasteiger partial charge in [-0.1, -0.05) is 32.9 Å². The number of rotatable bonds is 6. The Morgan fingerprint density at radius 1 is 0.837 bits per heavy atom. The van der Waals surface area contributed by atoms with Crippen LogP contribution in [-0.4, -0.2) is 35.7 Å². The van der Waals surface area contributed by atoms with Crippen LogP contribution in [0.1, 0.15) is 63.0 Å². The monoisotopic (exact) mass is 609 g/mol. The molecule has 2 amide bonds. The second kappa shape index (κ2) is 12.0. The summed E-state index contributed by atoms with van der Waals surface area (Å²) in [7, 11) is 0. The number of carbonyl (C=O) groups is 2. The minimum atomic E-state index is -4.77. The van der Waals surface area contributed by atoms with Gasteiger partial charge in [0.15, 0.2) is 11.5 Å². The van der Waals surface area contributed by atoms with E-state index < -0.39 is 55.3 Å². The van der Waals surface area contributed by atoms with Crippen LogP contribution >= 0.6 is 0 Å². The summed E-state index contributed by atoms with van der Waals surface area (Å²) in [6.07, 6.45) is -11.6. The Morgan fingerprint density at radius 2 is 1.37 bits per heavy atom. The number of aromatic nitrogens is 1. The SMILES string of the molecule is CC(=O)Nc1ccc(-c2oc(-c3ccc(C(C)(C)C)cc3)nc2C(=O)NCC2CC(C(F)(F)F)CC(C(F)(F)F)C2)cc1. The first-order chi connectivity index (χ1) is 19.9. The number of amides is 2. The lowest BCUT2D eigenvalue weighted by atomic mass is 9.74. The molecule has 1 aliphatic carbocycles. The molecule has 43 heavy (non-hydrogen) atoms. The number of anilines is 1. The lowest BCUT2D eigenvalue weighted by Gasteiger charge is -2.36. The van der Waals surface area contributed by atoms with Crippen LogP contribution in [0.15, 0.2) is 52.9 Å². The van der Waals surface area contributed by atoms with Gasteiger partial charge in [0.05, 0.1) is 11.8 Å². The Labute approximate surface area is 245 Å². The number of hydrogen-bond donors (Lipinski definition) is 2. The summed E-state index contributed by atoms with van der Waals surface area (Å²) in [6.45, 7) is 7.13. The Hall–Kier alpha value is -3.83. The molecule has 2 N–H and O–H groups in total. The normalized spacial score (nSPS) is 19.6. The molecular formula is C31H33F6N3O3. The number of carbonyl (C=O) groups excluding carboxylic acids is 2. The van der Waals surface area contributed by atoms with Gasteiger partial charge in [0.2, 0.25) is 11.8 Å². The van der Waals surface area contributed by atoms with E-state index in [1.54, 1.807) is 36.4 Å². The fourth-order valence-electron chi connectivity index (χ4n) is 5.27. The molecule has 12 heteroatoms. The summed E-state index contributed by atoms with van der Waals surface area (Å²) in [6, 6.07) is 13.8. The molecule has 1 aliphatic rings. The van der Waals surface area contributed by atoms with Crippen molar-refractivity contribution in [3.8, 4) is 22.8 Å². The van der Waals surface area contributed by atoms with E-state index in [0.717, 1.165) is 5.56 Å². The molecule has 2 aromatic carbocycles. The minimum Gasteiger partial charge on any atom is -0.435 e. The van der Waals surface area contributed by atoms with Crippen molar-refractivity contribution in [2.75, 3.05) is 11.9 Å². The third kappa shape index (κ3) is 7.97. The summed E-state index contributed by atoms with van der Waals surface area (Å²) in [5.74, 6) is -6.15. The van der Waals surface area contributed by atoms with Gasteiger partial charge in [0.1, 0.15) is 0 Å². The van der Waals surface area contributed by atoms with E-state index in [1.165, 1.54) is 6.92 Å². The fraction of sp³-hybridized carbons (Fsp3) is 0.452. The highest BCUT2D eigenvalue weighted by Crippen LogP contribution is 2.47. The van der Waals surface area contributed by atoms with Gasteiger partial charge in [-0.05, 0) is 72.6 Å². The van der Waals surface area contributed by atoms with Crippen LogP contribution < -0.4 is 10.6 Å². The Balaban J connectivity index is 1.62. The Morgan fingerprint density at radius 3 is 1.86 bits per heavy atom. The van der Waals surface area contributed by atoms with Crippen LogP contribution in [0.3, 0.4) is 0 Å². The predicted octanol–water partition coefficient (Wildman–Crippen LogP) is 8.15. The van der Waals surface area contributed by atoms with Crippen LogP contribution in [-0.2, 0) is 10.2 Å². The van der Waals surface area contributed by atoms with Gasteiger partial charge in [0, 0.05) is 30.3 Å². The second-order valence-electron chi connectivity index (χ2n) is 12.0. The summed E-state index contributed by atoms with van der Waals surface area (Å²) in [5.41, 5.74) is 2.26. The average Bonchev–Trinajstić information content (AvgIpc) is 3.36. The highest BCUT2D eigenvalue weighted by atomic mass is 19.4. The molecule has 2 unspecified atom stereocenters. The van der Waals surface area contributed by atoms with E-state index >= 15 is 0 Å². The smallest absolute Gasteiger partial charge is 0.391 e. The molecule has 3 aromatic rings. The second-order valence-corrected chi connectivity index (χ2v) is 12.0. The minimum absolute atomic E-state index is 0.0618. The molecule has 1 heterocycles. The van der Waals surface area contributed by atoms with Gasteiger partial charge in [0.25, 0.3) is 5.91 Å². The summed E-state index contributed by atoms with van der Waals surface area (Å²) < 4.78 is 86.6. The molecular weight excluding hydrogens is 576 g/mol. The van der Waals surface area contributed by atoms with Crippen LogP contribution in [0, 0.1) is 17.8 Å². The number of benzene rings is 2. The van der Waals surface area contributed by atoms with Crippen molar-refractivity contribution in [3.05, 3.63) is 59.8 Å². The van der Waals surface area contributed by atoms with Crippen molar-refractivity contribution < 1.29 is 40.3 Å².